The van der Waals surface area contributed by atoms with Crippen molar-refractivity contribution in [2.75, 3.05) is 13.2 Å². The number of allylic oxidation sites excluding steroid dienone is 11. The van der Waals surface area contributed by atoms with Crippen molar-refractivity contribution in [1.82, 2.24) is 5.32 Å². The molecule has 0 saturated heterocycles. The summed E-state index contributed by atoms with van der Waals surface area (Å²) >= 11 is 0. The summed E-state index contributed by atoms with van der Waals surface area (Å²) in [5.41, 5.74) is 1.58. The standard InChI is InChI=1S/C32H43NO3/c1-3-4-5-6-7-8-9-10-11-12-13-14-15-16-17-18-19-20-21-22-31(34)33-27-28-36-32(35)30-25-23-29(2)24-26-30/h11-26H,3-10,27-28H2,1-2H3,(H,33,34). The Hall–Kier alpha value is -3.40. The second-order valence-electron chi connectivity index (χ2n) is 8.53. The molecule has 0 aliphatic carbocycles. The van der Waals surface area contributed by atoms with Crippen LogP contribution >= 0.6 is 0 Å². The van der Waals surface area contributed by atoms with Crippen molar-refractivity contribution < 1.29 is 14.3 Å². The predicted molar refractivity (Wildman–Crippen MR) is 152 cm³/mol. The Kier molecular flexibility index (Phi) is 18.8. The molecule has 0 atom stereocenters. The monoisotopic (exact) mass is 489 g/mol. The molecule has 0 bridgehead atoms. The normalized spacial score (nSPS) is 12.3. The highest BCUT2D eigenvalue weighted by molar-refractivity contribution is 5.89. The van der Waals surface area contributed by atoms with E-state index in [1.165, 1.54) is 51.0 Å². The molecule has 194 valence electrons. The zero-order valence-electron chi connectivity index (χ0n) is 22.0. The van der Waals surface area contributed by atoms with Gasteiger partial charge in [0.05, 0.1) is 12.1 Å². The molecule has 1 N–H and O–H groups in total. The van der Waals surface area contributed by atoms with E-state index in [2.05, 4.69) is 24.4 Å². The summed E-state index contributed by atoms with van der Waals surface area (Å²) in [6.45, 7) is 4.60. The third kappa shape index (κ3) is 18.0. The van der Waals surface area contributed by atoms with Crippen molar-refractivity contribution in [2.24, 2.45) is 0 Å². The van der Waals surface area contributed by atoms with E-state index in [1.54, 1.807) is 24.3 Å². The van der Waals surface area contributed by atoms with Crippen LogP contribution < -0.4 is 5.32 Å². The maximum atomic E-state index is 11.9. The molecule has 0 spiro atoms. The number of amides is 1. The van der Waals surface area contributed by atoms with E-state index in [1.807, 2.05) is 61.6 Å². The molecular weight excluding hydrogens is 446 g/mol. The maximum Gasteiger partial charge on any atom is 0.338 e. The highest BCUT2D eigenvalue weighted by atomic mass is 16.5. The summed E-state index contributed by atoms with van der Waals surface area (Å²) in [5, 5.41) is 2.68. The number of carbonyl (C=O) groups is 2. The first-order valence-corrected chi connectivity index (χ1v) is 13.1. The molecular formula is C32H43NO3. The van der Waals surface area contributed by atoms with Crippen molar-refractivity contribution in [3.05, 3.63) is 108 Å². The second-order valence-corrected chi connectivity index (χ2v) is 8.53. The molecule has 1 rings (SSSR count). The van der Waals surface area contributed by atoms with Gasteiger partial charge in [-0.05, 0) is 31.9 Å². The average molecular weight is 490 g/mol. The molecule has 4 heteroatoms. The van der Waals surface area contributed by atoms with E-state index < -0.39 is 5.97 Å². The van der Waals surface area contributed by atoms with Crippen LogP contribution in [0.5, 0.6) is 0 Å². The lowest BCUT2D eigenvalue weighted by atomic mass is 10.1. The van der Waals surface area contributed by atoms with Crippen LogP contribution in [0.2, 0.25) is 0 Å². The molecule has 4 nitrogen and oxygen atoms in total. The minimum absolute atomic E-state index is 0.126. The summed E-state index contributed by atoms with van der Waals surface area (Å²) in [5.74, 6) is -0.630. The lowest BCUT2D eigenvalue weighted by molar-refractivity contribution is -0.116. The Labute approximate surface area is 218 Å². The van der Waals surface area contributed by atoms with Crippen molar-refractivity contribution >= 4 is 11.9 Å². The van der Waals surface area contributed by atoms with E-state index in [0.29, 0.717) is 5.56 Å². The molecule has 0 aliphatic rings. The number of hydrogen-bond acceptors (Lipinski definition) is 3. The van der Waals surface area contributed by atoms with Gasteiger partial charge in [0.2, 0.25) is 5.91 Å². The van der Waals surface area contributed by atoms with Crippen LogP contribution in [0, 0.1) is 6.92 Å². The Morgan fingerprint density at radius 2 is 1.31 bits per heavy atom. The maximum absolute atomic E-state index is 11.9. The van der Waals surface area contributed by atoms with Crippen molar-refractivity contribution in [1.29, 1.82) is 0 Å². The fourth-order valence-electron chi connectivity index (χ4n) is 3.20. The van der Waals surface area contributed by atoms with Crippen LogP contribution in [0.15, 0.2) is 97.2 Å². The largest absolute Gasteiger partial charge is 0.460 e. The number of benzene rings is 1. The van der Waals surface area contributed by atoms with Gasteiger partial charge >= 0.3 is 5.97 Å². The number of hydrogen-bond donors (Lipinski definition) is 1. The SMILES string of the molecule is CCCCCCCCCC=CC=CC=CC=CC=CC=CC(=O)NCCOC(=O)c1ccc(C)cc1. The fraction of sp³-hybridized carbons (Fsp3) is 0.375. The average Bonchev–Trinajstić information content (AvgIpc) is 2.88. The molecule has 36 heavy (non-hydrogen) atoms. The van der Waals surface area contributed by atoms with Gasteiger partial charge in [-0.3, -0.25) is 4.79 Å². The molecule has 0 aromatic heterocycles. The molecule has 0 saturated carbocycles. The van der Waals surface area contributed by atoms with Gasteiger partial charge < -0.3 is 10.1 Å². The lowest BCUT2D eigenvalue weighted by Crippen LogP contribution is -2.26. The number of rotatable bonds is 18. The van der Waals surface area contributed by atoms with Crippen molar-refractivity contribution in [3.8, 4) is 0 Å². The minimum atomic E-state index is -0.394. The Bertz CT molecular complexity index is 902. The van der Waals surface area contributed by atoms with Crippen LogP contribution in [-0.2, 0) is 9.53 Å². The third-order valence-electron chi connectivity index (χ3n) is 5.28. The van der Waals surface area contributed by atoms with Crippen LogP contribution in [0.25, 0.3) is 0 Å². The van der Waals surface area contributed by atoms with Gasteiger partial charge in [0.1, 0.15) is 6.61 Å². The number of aryl methyl sites for hydroxylation is 1. The summed E-state index contributed by atoms with van der Waals surface area (Å²) in [7, 11) is 0. The summed E-state index contributed by atoms with van der Waals surface area (Å²) in [4.78, 5) is 23.6. The first kappa shape index (κ1) is 30.6. The number of esters is 1. The highest BCUT2D eigenvalue weighted by Gasteiger charge is 2.06. The lowest BCUT2D eigenvalue weighted by Gasteiger charge is -2.05. The third-order valence-corrected chi connectivity index (χ3v) is 5.28. The van der Waals surface area contributed by atoms with E-state index in [9.17, 15) is 9.59 Å². The molecule has 1 amide bonds. The molecule has 1 aromatic carbocycles. The quantitative estimate of drug-likeness (QED) is 0.0992. The number of unbranched alkanes of at least 4 members (excludes halogenated alkanes) is 7. The molecule has 1 aromatic rings. The van der Waals surface area contributed by atoms with Crippen molar-refractivity contribution in [3.63, 3.8) is 0 Å². The molecule has 0 fully saturated rings. The Balaban J connectivity index is 2.06. The Morgan fingerprint density at radius 1 is 0.750 bits per heavy atom. The second kappa shape index (κ2) is 22.1. The van der Waals surface area contributed by atoms with Crippen LogP contribution in [0.1, 0.15) is 74.2 Å². The number of ether oxygens (including phenoxy) is 1. The van der Waals surface area contributed by atoms with Gasteiger partial charge in [0, 0.05) is 6.08 Å². The van der Waals surface area contributed by atoms with E-state index in [-0.39, 0.29) is 19.1 Å². The van der Waals surface area contributed by atoms with Crippen molar-refractivity contribution in [2.45, 2.75) is 65.2 Å². The highest BCUT2D eigenvalue weighted by Crippen LogP contribution is 2.08. The van der Waals surface area contributed by atoms with Gasteiger partial charge in [0.25, 0.3) is 0 Å². The zero-order valence-corrected chi connectivity index (χ0v) is 22.0. The first-order chi connectivity index (χ1) is 17.6. The summed E-state index contributed by atoms with van der Waals surface area (Å²) < 4.78 is 5.15. The summed E-state index contributed by atoms with van der Waals surface area (Å²) in [6.07, 6.45) is 33.5. The minimum Gasteiger partial charge on any atom is -0.460 e. The van der Waals surface area contributed by atoms with Gasteiger partial charge in [-0.15, -0.1) is 0 Å². The van der Waals surface area contributed by atoms with Gasteiger partial charge in [-0.1, -0.05) is 130 Å². The van der Waals surface area contributed by atoms with E-state index in [0.717, 1.165) is 12.0 Å². The molecule has 0 heterocycles. The van der Waals surface area contributed by atoms with Gasteiger partial charge in [0.15, 0.2) is 0 Å². The smallest absolute Gasteiger partial charge is 0.338 e. The fourth-order valence-corrected chi connectivity index (χ4v) is 3.20. The van der Waals surface area contributed by atoms with Gasteiger partial charge in [-0.25, -0.2) is 4.79 Å². The zero-order chi connectivity index (χ0) is 26.1. The Morgan fingerprint density at radius 3 is 1.94 bits per heavy atom. The molecule has 0 aliphatic heterocycles. The molecule has 0 unspecified atom stereocenters. The topological polar surface area (TPSA) is 55.4 Å². The van der Waals surface area contributed by atoms with Crippen LogP contribution in [0.3, 0.4) is 0 Å². The number of carbonyl (C=O) groups excluding carboxylic acids is 2. The van der Waals surface area contributed by atoms with E-state index in [4.69, 9.17) is 4.74 Å². The number of nitrogens with one attached hydrogen (secondary N) is 1. The van der Waals surface area contributed by atoms with Crippen LogP contribution in [0.4, 0.5) is 0 Å². The molecule has 0 radical (unpaired) electrons. The summed E-state index contributed by atoms with van der Waals surface area (Å²) in [6, 6.07) is 7.17. The first-order valence-electron chi connectivity index (χ1n) is 13.1. The van der Waals surface area contributed by atoms with Gasteiger partial charge in [-0.2, -0.15) is 0 Å². The van der Waals surface area contributed by atoms with E-state index >= 15 is 0 Å². The van der Waals surface area contributed by atoms with Crippen LogP contribution in [-0.4, -0.2) is 25.0 Å². The predicted octanol–water partition coefficient (Wildman–Crippen LogP) is 7.75.